The summed E-state index contributed by atoms with van der Waals surface area (Å²) in [5.74, 6) is -0.451. The third kappa shape index (κ3) is 4.08. The van der Waals surface area contributed by atoms with E-state index < -0.39 is 5.97 Å². The summed E-state index contributed by atoms with van der Waals surface area (Å²) in [6.07, 6.45) is 9.71. The average Bonchev–Trinajstić information content (AvgIpc) is 2.40. The number of nitrogens with zero attached hydrogens (tertiary/aromatic N) is 1. The molecule has 0 aromatic rings. The standard InChI is InChI=1S/C16H23NO3/c1-12-6-5-10-16(2,3)14(12)8-7-13(9-11-17-19)15(18)20-4/h7-9,11,19H,5-6,10H2,1-4H3/b8-7+,13-9+,17-11+. The Bertz CT molecular complexity index is 482. The number of carbonyl (C=O) groups is 1. The maximum Gasteiger partial charge on any atom is 0.337 e. The van der Waals surface area contributed by atoms with Gasteiger partial charge in [-0.3, -0.25) is 0 Å². The quantitative estimate of drug-likeness (QED) is 0.213. The minimum absolute atomic E-state index is 0.116. The van der Waals surface area contributed by atoms with E-state index in [0.717, 1.165) is 19.1 Å². The first-order valence-corrected chi connectivity index (χ1v) is 6.76. The van der Waals surface area contributed by atoms with Crippen molar-refractivity contribution in [3.05, 3.63) is 34.9 Å². The van der Waals surface area contributed by atoms with Gasteiger partial charge in [-0.1, -0.05) is 30.7 Å². The fourth-order valence-electron chi connectivity index (χ4n) is 2.61. The molecule has 0 saturated heterocycles. The molecule has 0 radical (unpaired) electrons. The molecule has 0 aromatic heterocycles. The molecule has 1 aliphatic carbocycles. The molecule has 0 aliphatic heterocycles. The molecule has 0 saturated carbocycles. The van der Waals surface area contributed by atoms with Gasteiger partial charge >= 0.3 is 5.97 Å². The van der Waals surface area contributed by atoms with Crippen LogP contribution in [0, 0.1) is 5.41 Å². The lowest BCUT2D eigenvalue weighted by atomic mass is 9.72. The Hall–Kier alpha value is -1.84. The van der Waals surface area contributed by atoms with Crippen LogP contribution in [0.3, 0.4) is 0 Å². The Kier molecular flexibility index (Phi) is 5.74. The molecule has 0 spiro atoms. The minimum Gasteiger partial charge on any atom is -0.465 e. The number of oxime groups is 1. The zero-order chi connectivity index (χ0) is 15.2. The van der Waals surface area contributed by atoms with Crippen molar-refractivity contribution in [1.29, 1.82) is 0 Å². The second kappa shape index (κ2) is 7.08. The lowest BCUT2D eigenvalue weighted by Crippen LogP contribution is -2.19. The molecule has 1 N–H and O–H groups in total. The predicted octanol–water partition coefficient (Wildman–Crippen LogP) is 3.63. The van der Waals surface area contributed by atoms with Crippen LogP contribution < -0.4 is 0 Å². The van der Waals surface area contributed by atoms with E-state index in [1.165, 1.54) is 30.8 Å². The third-order valence-corrected chi connectivity index (χ3v) is 3.71. The monoisotopic (exact) mass is 277 g/mol. The summed E-state index contributed by atoms with van der Waals surface area (Å²) in [6.45, 7) is 6.56. The van der Waals surface area contributed by atoms with Crippen molar-refractivity contribution >= 4 is 12.2 Å². The lowest BCUT2D eigenvalue weighted by molar-refractivity contribution is -0.135. The molecule has 1 rings (SSSR count). The van der Waals surface area contributed by atoms with Gasteiger partial charge in [0.05, 0.1) is 18.9 Å². The Labute approximate surface area is 120 Å². The van der Waals surface area contributed by atoms with E-state index in [1.807, 2.05) is 6.08 Å². The summed E-state index contributed by atoms with van der Waals surface area (Å²) in [5, 5.41) is 11.3. The summed E-state index contributed by atoms with van der Waals surface area (Å²) in [7, 11) is 1.33. The summed E-state index contributed by atoms with van der Waals surface area (Å²) < 4.78 is 4.71. The van der Waals surface area contributed by atoms with Crippen LogP contribution in [0.5, 0.6) is 0 Å². The van der Waals surface area contributed by atoms with E-state index >= 15 is 0 Å². The van der Waals surface area contributed by atoms with Crippen LogP contribution in [0.1, 0.15) is 40.0 Å². The average molecular weight is 277 g/mol. The van der Waals surface area contributed by atoms with E-state index in [-0.39, 0.29) is 5.41 Å². The fourth-order valence-corrected chi connectivity index (χ4v) is 2.61. The van der Waals surface area contributed by atoms with Gasteiger partial charge < -0.3 is 9.94 Å². The number of allylic oxidation sites excluding steroid dienone is 4. The van der Waals surface area contributed by atoms with Gasteiger partial charge in [0.2, 0.25) is 0 Å². The van der Waals surface area contributed by atoms with Crippen LogP contribution in [0.2, 0.25) is 0 Å². The highest BCUT2D eigenvalue weighted by Crippen LogP contribution is 2.40. The van der Waals surface area contributed by atoms with Crippen molar-refractivity contribution in [2.24, 2.45) is 10.6 Å². The highest BCUT2D eigenvalue weighted by molar-refractivity contribution is 5.96. The van der Waals surface area contributed by atoms with Crippen molar-refractivity contribution in [3.8, 4) is 0 Å². The minimum atomic E-state index is -0.451. The van der Waals surface area contributed by atoms with Crippen molar-refractivity contribution in [2.75, 3.05) is 7.11 Å². The topological polar surface area (TPSA) is 58.9 Å². The van der Waals surface area contributed by atoms with E-state index in [2.05, 4.69) is 25.9 Å². The largest absolute Gasteiger partial charge is 0.465 e. The molecule has 4 heteroatoms. The van der Waals surface area contributed by atoms with Crippen molar-refractivity contribution in [3.63, 3.8) is 0 Å². The summed E-state index contributed by atoms with van der Waals surface area (Å²) in [5.41, 5.74) is 3.09. The number of carbonyl (C=O) groups excluding carboxylic acids is 1. The SMILES string of the molecule is COC(=O)C(/C=C/C1=C(C)CCCC1(C)C)=C/C=N/O. The first-order chi connectivity index (χ1) is 9.42. The second-order valence-corrected chi connectivity index (χ2v) is 5.64. The van der Waals surface area contributed by atoms with Crippen LogP contribution in [0.4, 0.5) is 0 Å². The zero-order valence-corrected chi connectivity index (χ0v) is 12.6. The molecule has 4 nitrogen and oxygen atoms in total. The maximum atomic E-state index is 11.6. The summed E-state index contributed by atoms with van der Waals surface area (Å²) in [4.78, 5) is 11.6. The first kappa shape index (κ1) is 16.2. The smallest absolute Gasteiger partial charge is 0.337 e. The first-order valence-electron chi connectivity index (χ1n) is 6.76. The molecule has 0 unspecified atom stereocenters. The Balaban J connectivity index is 3.06. The number of esters is 1. The van der Waals surface area contributed by atoms with Gasteiger partial charge in [0, 0.05) is 0 Å². The molecule has 0 atom stereocenters. The number of ether oxygens (including phenoxy) is 1. The second-order valence-electron chi connectivity index (χ2n) is 5.64. The molecule has 0 bridgehead atoms. The molecular formula is C16H23NO3. The summed E-state index contributed by atoms with van der Waals surface area (Å²) in [6, 6.07) is 0. The van der Waals surface area contributed by atoms with Gasteiger partial charge in [-0.2, -0.15) is 0 Å². The Morgan fingerprint density at radius 3 is 2.70 bits per heavy atom. The van der Waals surface area contributed by atoms with Crippen LogP contribution in [-0.2, 0) is 9.53 Å². The molecule has 0 amide bonds. The molecule has 110 valence electrons. The Morgan fingerprint density at radius 2 is 2.15 bits per heavy atom. The van der Waals surface area contributed by atoms with Gasteiger partial charge in [0.25, 0.3) is 0 Å². The third-order valence-electron chi connectivity index (χ3n) is 3.71. The number of hydrogen-bond donors (Lipinski definition) is 1. The highest BCUT2D eigenvalue weighted by atomic mass is 16.5. The Morgan fingerprint density at radius 1 is 1.45 bits per heavy atom. The lowest BCUT2D eigenvalue weighted by Gasteiger charge is -2.32. The van der Waals surface area contributed by atoms with Crippen molar-refractivity contribution in [2.45, 2.75) is 40.0 Å². The fraction of sp³-hybridized carbons (Fsp3) is 0.500. The molecule has 1 aliphatic rings. The van der Waals surface area contributed by atoms with Crippen molar-refractivity contribution in [1.82, 2.24) is 0 Å². The van der Waals surface area contributed by atoms with Crippen LogP contribution in [0.15, 0.2) is 40.1 Å². The van der Waals surface area contributed by atoms with E-state index in [0.29, 0.717) is 5.57 Å². The van der Waals surface area contributed by atoms with Gasteiger partial charge in [-0.15, -0.1) is 0 Å². The van der Waals surface area contributed by atoms with Gasteiger partial charge in [-0.05, 0) is 49.3 Å². The van der Waals surface area contributed by atoms with E-state index in [1.54, 1.807) is 6.08 Å². The number of hydrogen-bond acceptors (Lipinski definition) is 4. The zero-order valence-electron chi connectivity index (χ0n) is 12.6. The highest BCUT2D eigenvalue weighted by Gasteiger charge is 2.26. The normalized spacial score (nSPS) is 19.9. The van der Waals surface area contributed by atoms with Crippen molar-refractivity contribution < 1.29 is 14.7 Å². The van der Waals surface area contributed by atoms with Gasteiger partial charge in [0.15, 0.2) is 0 Å². The molecular weight excluding hydrogens is 254 g/mol. The van der Waals surface area contributed by atoms with Gasteiger partial charge in [0.1, 0.15) is 0 Å². The molecule has 20 heavy (non-hydrogen) atoms. The molecule has 0 aromatic carbocycles. The number of methoxy groups -OCH3 is 1. The summed E-state index contributed by atoms with van der Waals surface area (Å²) >= 11 is 0. The maximum absolute atomic E-state index is 11.6. The van der Waals surface area contributed by atoms with E-state index in [9.17, 15) is 4.79 Å². The molecule has 0 heterocycles. The number of rotatable bonds is 4. The predicted molar refractivity (Wildman–Crippen MR) is 79.8 cm³/mol. The van der Waals surface area contributed by atoms with Gasteiger partial charge in [-0.25, -0.2) is 4.79 Å². The van der Waals surface area contributed by atoms with Crippen LogP contribution >= 0.6 is 0 Å². The van der Waals surface area contributed by atoms with Crippen LogP contribution in [-0.4, -0.2) is 24.5 Å². The molecule has 0 fully saturated rings. The van der Waals surface area contributed by atoms with Crippen LogP contribution in [0.25, 0.3) is 0 Å². The van der Waals surface area contributed by atoms with E-state index in [4.69, 9.17) is 9.94 Å².